The molecule has 18 heavy (non-hydrogen) atoms. The second-order valence-electron chi connectivity index (χ2n) is 4.83. The number of rotatable bonds is 6. The number of hydrogen-bond donors (Lipinski definition) is 0. The average Bonchev–Trinajstić information content (AvgIpc) is 2.65. The van der Waals surface area contributed by atoms with Gasteiger partial charge in [0.1, 0.15) is 0 Å². The Hall–Kier alpha value is -1.56. The largest absolute Gasteiger partial charge is 0.0991 e. The van der Waals surface area contributed by atoms with E-state index in [0.717, 1.165) is 19.3 Å². The van der Waals surface area contributed by atoms with Crippen LogP contribution in [0.15, 0.2) is 72.9 Å². The van der Waals surface area contributed by atoms with Crippen molar-refractivity contribution in [3.63, 3.8) is 0 Å². The Morgan fingerprint density at radius 2 is 2.17 bits per heavy atom. The zero-order chi connectivity index (χ0) is 13.4. The van der Waals surface area contributed by atoms with Gasteiger partial charge in [-0.05, 0) is 24.0 Å². The van der Waals surface area contributed by atoms with E-state index in [0.29, 0.717) is 0 Å². The maximum absolute atomic E-state index is 3.96. The zero-order valence-corrected chi connectivity index (χ0v) is 11.7. The first-order valence-corrected chi connectivity index (χ1v) is 6.68. The van der Waals surface area contributed by atoms with Gasteiger partial charge in [-0.3, -0.25) is 0 Å². The molecule has 96 valence electrons. The van der Waals surface area contributed by atoms with Gasteiger partial charge in [-0.15, -0.1) is 0 Å². The highest BCUT2D eigenvalue weighted by Gasteiger charge is 2.29. The summed E-state index contributed by atoms with van der Waals surface area (Å²) in [6, 6.07) is 0. The van der Waals surface area contributed by atoms with Crippen molar-refractivity contribution in [2.45, 2.75) is 33.1 Å². The Kier molecular flexibility index (Phi) is 5.64. The van der Waals surface area contributed by atoms with E-state index in [1.54, 1.807) is 0 Å². The van der Waals surface area contributed by atoms with Crippen LogP contribution in [0.25, 0.3) is 0 Å². The van der Waals surface area contributed by atoms with Crippen molar-refractivity contribution in [2.24, 2.45) is 5.41 Å². The third-order valence-corrected chi connectivity index (χ3v) is 3.54. The molecule has 1 rings (SSSR count). The van der Waals surface area contributed by atoms with Crippen molar-refractivity contribution in [3.8, 4) is 0 Å². The van der Waals surface area contributed by atoms with Crippen LogP contribution in [-0.2, 0) is 0 Å². The molecule has 1 atom stereocenters. The summed E-state index contributed by atoms with van der Waals surface area (Å²) >= 11 is 0. The van der Waals surface area contributed by atoms with Crippen LogP contribution in [0.2, 0.25) is 0 Å². The highest BCUT2D eigenvalue weighted by Crippen LogP contribution is 2.41. The van der Waals surface area contributed by atoms with E-state index in [9.17, 15) is 0 Å². The van der Waals surface area contributed by atoms with Crippen LogP contribution < -0.4 is 0 Å². The molecule has 0 spiro atoms. The summed E-state index contributed by atoms with van der Waals surface area (Å²) in [5, 5.41) is 0. The third-order valence-electron chi connectivity index (χ3n) is 3.54. The summed E-state index contributed by atoms with van der Waals surface area (Å²) in [5.74, 6) is 0. The lowest BCUT2D eigenvalue weighted by Gasteiger charge is -2.32. The number of hydrogen-bond acceptors (Lipinski definition) is 0. The minimum absolute atomic E-state index is 0.0349. The van der Waals surface area contributed by atoms with E-state index < -0.39 is 0 Å². The molecule has 0 heteroatoms. The topological polar surface area (TPSA) is 0 Å². The van der Waals surface area contributed by atoms with Crippen molar-refractivity contribution >= 4 is 0 Å². The standard InChI is InChI=1S/C18H24/c1-5-12-16(7-3)18(4,15-6-2)17-13-10-8-9-11-14-17/h5,7-10,12-14H,1,3,6,11,15H2,2,4H3/b16-12+. The summed E-state index contributed by atoms with van der Waals surface area (Å²) < 4.78 is 0. The lowest BCUT2D eigenvalue weighted by atomic mass is 9.71. The van der Waals surface area contributed by atoms with E-state index in [2.05, 4.69) is 63.5 Å². The van der Waals surface area contributed by atoms with Gasteiger partial charge in [-0.25, -0.2) is 0 Å². The Bertz CT molecular complexity index is 415. The highest BCUT2D eigenvalue weighted by atomic mass is 14.3. The van der Waals surface area contributed by atoms with Crippen LogP contribution in [0.3, 0.4) is 0 Å². The summed E-state index contributed by atoms with van der Waals surface area (Å²) in [6.45, 7) is 12.3. The molecule has 0 saturated heterocycles. The molecule has 0 aliphatic heterocycles. The van der Waals surface area contributed by atoms with Crippen molar-refractivity contribution in [2.75, 3.05) is 0 Å². The second kappa shape index (κ2) is 7.00. The second-order valence-corrected chi connectivity index (χ2v) is 4.83. The number of allylic oxidation sites excluding steroid dienone is 10. The fourth-order valence-electron chi connectivity index (χ4n) is 2.55. The van der Waals surface area contributed by atoms with Gasteiger partial charge in [0, 0.05) is 5.41 Å². The van der Waals surface area contributed by atoms with Crippen LogP contribution in [0.5, 0.6) is 0 Å². The van der Waals surface area contributed by atoms with Gasteiger partial charge < -0.3 is 0 Å². The normalized spacial score (nSPS) is 18.8. The molecule has 0 amide bonds. The van der Waals surface area contributed by atoms with Gasteiger partial charge in [0.15, 0.2) is 0 Å². The molecule has 0 fully saturated rings. The molecular weight excluding hydrogens is 216 g/mol. The molecule has 0 aromatic heterocycles. The quantitative estimate of drug-likeness (QED) is 0.535. The molecule has 0 N–H and O–H groups in total. The first kappa shape index (κ1) is 14.5. The minimum atomic E-state index is 0.0349. The van der Waals surface area contributed by atoms with Crippen LogP contribution >= 0.6 is 0 Å². The SMILES string of the molecule is C=C/C=C(\C=C)C(C)(CCC)C1=CCC=CC=C1. The highest BCUT2D eigenvalue weighted by molar-refractivity contribution is 5.43. The summed E-state index contributed by atoms with van der Waals surface area (Å²) in [6.07, 6.45) is 20.1. The smallest absolute Gasteiger partial charge is 0.0171 e. The Morgan fingerprint density at radius 3 is 2.78 bits per heavy atom. The van der Waals surface area contributed by atoms with Crippen molar-refractivity contribution in [3.05, 3.63) is 72.9 Å². The van der Waals surface area contributed by atoms with E-state index in [1.807, 2.05) is 12.2 Å². The first-order chi connectivity index (χ1) is 8.69. The Morgan fingerprint density at radius 1 is 1.39 bits per heavy atom. The fourth-order valence-corrected chi connectivity index (χ4v) is 2.55. The summed E-state index contributed by atoms with van der Waals surface area (Å²) in [5.41, 5.74) is 2.66. The Balaban J connectivity index is 3.21. The third kappa shape index (κ3) is 3.22. The predicted molar refractivity (Wildman–Crippen MR) is 82.5 cm³/mol. The lowest BCUT2D eigenvalue weighted by Crippen LogP contribution is -2.20. The molecule has 0 aromatic rings. The maximum atomic E-state index is 3.96. The molecule has 1 unspecified atom stereocenters. The molecule has 1 aliphatic carbocycles. The van der Waals surface area contributed by atoms with E-state index >= 15 is 0 Å². The molecule has 0 bridgehead atoms. The van der Waals surface area contributed by atoms with Crippen LogP contribution in [0.4, 0.5) is 0 Å². The maximum Gasteiger partial charge on any atom is 0.0171 e. The van der Waals surface area contributed by atoms with E-state index in [1.165, 1.54) is 11.1 Å². The molecule has 1 aliphatic rings. The monoisotopic (exact) mass is 240 g/mol. The van der Waals surface area contributed by atoms with Gasteiger partial charge in [0.2, 0.25) is 0 Å². The molecular formula is C18H24. The predicted octanol–water partition coefficient (Wildman–Crippen LogP) is 5.53. The molecule has 0 nitrogen and oxygen atoms in total. The fraction of sp³-hybridized carbons (Fsp3) is 0.333. The lowest BCUT2D eigenvalue weighted by molar-refractivity contribution is 0.450. The van der Waals surface area contributed by atoms with Gasteiger partial charge in [0.05, 0.1) is 0 Å². The van der Waals surface area contributed by atoms with Crippen molar-refractivity contribution in [1.82, 2.24) is 0 Å². The van der Waals surface area contributed by atoms with Crippen molar-refractivity contribution < 1.29 is 0 Å². The van der Waals surface area contributed by atoms with Crippen LogP contribution in [0.1, 0.15) is 33.1 Å². The summed E-state index contributed by atoms with van der Waals surface area (Å²) in [4.78, 5) is 0. The molecule has 0 radical (unpaired) electrons. The minimum Gasteiger partial charge on any atom is -0.0991 e. The van der Waals surface area contributed by atoms with Gasteiger partial charge in [-0.2, -0.15) is 0 Å². The van der Waals surface area contributed by atoms with Gasteiger partial charge in [-0.1, -0.05) is 82.0 Å². The zero-order valence-electron chi connectivity index (χ0n) is 11.7. The summed E-state index contributed by atoms with van der Waals surface area (Å²) in [7, 11) is 0. The van der Waals surface area contributed by atoms with E-state index in [-0.39, 0.29) is 5.41 Å². The van der Waals surface area contributed by atoms with Crippen LogP contribution in [-0.4, -0.2) is 0 Å². The van der Waals surface area contributed by atoms with Gasteiger partial charge >= 0.3 is 0 Å². The first-order valence-electron chi connectivity index (χ1n) is 6.68. The average molecular weight is 240 g/mol. The molecule has 0 heterocycles. The Labute approximate surface area is 112 Å². The van der Waals surface area contributed by atoms with Gasteiger partial charge in [0.25, 0.3) is 0 Å². The van der Waals surface area contributed by atoms with Crippen LogP contribution in [0, 0.1) is 5.41 Å². The van der Waals surface area contributed by atoms with E-state index in [4.69, 9.17) is 0 Å². The molecule has 0 aromatic carbocycles. The molecule has 0 saturated carbocycles. The van der Waals surface area contributed by atoms with Crippen molar-refractivity contribution in [1.29, 1.82) is 0 Å².